The smallest absolute Gasteiger partial charge is 0.135 e. The van der Waals surface area contributed by atoms with Gasteiger partial charge in [0.1, 0.15) is 11.2 Å². The van der Waals surface area contributed by atoms with E-state index in [2.05, 4.69) is 218 Å². The number of furan rings is 1. The fraction of sp³-hybridized carbons (Fsp3) is 0. The van der Waals surface area contributed by atoms with E-state index in [9.17, 15) is 0 Å². The van der Waals surface area contributed by atoms with Gasteiger partial charge in [0.25, 0.3) is 0 Å². The number of rotatable bonds is 6. The fourth-order valence-electron chi connectivity index (χ4n) is 9.53. The number of hydrogen-bond donors (Lipinski definition) is 0. The van der Waals surface area contributed by atoms with Crippen molar-refractivity contribution in [2.24, 2.45) is 0 Å². The van der Waals surface area contributed by atoms with Crippen molar-refractivity contribution in [3.63, 3.8) is 0 Å². The first kappa shape index (κ1) is 35.0. The van der Waals surface area contributed by atoms with Crippen molar-refractivity contribution in [3.8, 4) is 66.8 Å². The van der Waals surface area contributed by atoms with Crippen LogP contribution in [0.4, 0.5) is 0 Å². The van der Waals surface area contributed by atoms with E-state index in [4.69, 9.17) is 4.42 Å². The first-order chi connectivity index (χ1) is 30.2. The lowest BCUT2D eigenvalue weighted by atomic mass is 9.83. The third kappa shape index (κ3) is 6.02. The molecule has 1 nitrogen and oxygen atoms in total. The van der Waals surface area contributed by atoms with Crippen LogP contribution in [0.2, 0.25) is 0 Å². The van der Waals surface area contributed by atoms with E-state index in [1.807, 2.05) is 12.1 Å². The predicted octanol–water partition coefficient (Wildman–Crippen LogP) is 17.0. The van der Waals surface area contributed by atoms with Crippen molar-refractivity contribution in [1.82, 2.24) is 0 Å². The molecule has 0 N–H and O–H groups in total. The minimum atomic E-state index is 0.909. The third-order valence-corrected chi connectivity index (χ3v) is 12.5. The van der Waals surface area contributed by atoms with E-state index in [1.54, 1.807) is 0 Å². The van der Waals surface area contributed by atoms with E-state index >= 15 is 0 Å². The summed E-state index contributed by atoms with van der Waals surface area (Å²) in [6.45, 7) is 0. The van der Waals surface area contributed by atoms with E-state index in [1.165, 1.54) is 99.1 Å². The molecule has 11 aromatic carbocycles. The maximum atomic E-state index is 6.17. The van der Waals surface area contributed by atoms with Crippen LogP contribution in [0.25, 0.3) is 121 Å². The molecular formula is C60H38O. The largest absolute Gasteiger partial charge is 0.456 e. The van der Waals surface area contributed by atoms with E-state index < -0.39 is 0 Å². The summed E-state index contributed by atoms with van der Waals surface area (Å²) in [5.41, 5.74) is 16.3. The van der Waals surface area contributed by atoms with Crippen molar-refractivity contribution in [2.75, 3.05) is 0 Å². The zero-order chi connectivity index (χ0) is 40.3. The summed E-state index contributed by atoms with van der Waals surface area (Å²) in [6.07, 6.45) is 0. The van der Waals surface area contributed by atoms with Gasteiger partial charge in [-0.1, -0.05) is 194 Å². The van der Waals surface area contributed by atoms with Gasteiger partial charge in [-0.3, -0.25) is 0 Å². The molecule has 1 heteroatoms. The van der Waals surface area contributed by atoms with E-state index in [0.717, 1.165) is 21.9 Å². The molecule has 0 unspecified atom stereocenters. The molecule has 284 valence electrons. The first-order valence-corrected chi connectivity index (χ1v) is 21.0. The zero-order valence-electron chi connectivity index (χ0n) is 33.3. The van der Waals surface area contributed by atoms with Crippen molar-refractivity contribution in [3.05, 3.63) is 231 Å². The second-order valence-electron chi connectivity index (χ2n) is 16.0. The highest BCUT2D eigenvalue weighted by atomic mass is 16.3. The lowest BCUT2D eigenvalue weighted by Gasteiger charge is -2.20. The van der Waals surface area contributed by atoms with Crippen molar-refractivity contribution in [2.45, 2.75) is 0 Å². The molecular weight excluding hydrogens is 737 g/mol. The van der Waals surface area contributed by atoms with Crippen LogP contribution in [0, 0.1) is 0 Å². The van der Waals surface area contributed by atoms with Gasteiger partial charge >= 0.3 is 0 Å². The quantitative estimate of drug-likeness (QED) is 0.153. The molecule has 0 saturated heterocycles. The van der Waals surface area contributed by atoms with Gasteiger partial charge in [-0.05, 0) is 135 Å². The average molecular weight is 775 g/mol. The lowest BCUT2D eigenvalue weighted by Crippen LogP contribution is -1.93. The minimum Gasteiger partial charge on any atom is -0.456 e. The maximum Gasteiger partial charge on any atom is 0.135 e. The Bertz CT molecular complexity index is 3610. The minimum absolute atomic E-state index is 0.909. The van der Waals surface area contributed by atoms with Crippen LogP contribution in [0.1, 0.15) is 0 Å². The molecule has 0 atom stereocenters. The summed E-state index contributed by atoms with van der Waals surface area (Å²) < 4.78 is 6.17. The predicted molar refractivity (Wildman–Crippen MR) is 259 cm³/mol. The standard InChI is InChI=1S/C60H38O/c1-3-13-39(14-4-1)44-30-33-53-55(37-44)59(43-27-25-41(26-28-43)46-31-34-58-54(36-46)51-22-9-10-24-57(51)61-58)52-32-29-45(40-15-5-2-6-16-40)38-56(52)60(53)48-20-11-19-47(35-48)50-23-12-18-42-17-7-8-21-49(42)50/h1-38H. The molecule has 0 aliphatic rings. The molecule has 0 fully saturated rings. The normalized spacial score (nSPS) is 11.6. The molecule has 12 rings (SSSR count). The topological polar surface area (TPSA) is 13.1 Å². The monoisotopic (exact) mass is 774 g/mol. The van der Waals surface area contributed by atoms with Crippen molar-refractivity contribution in [1.29, 1.82) is 0 Å². The van der Waals surface area contributed by atoms with Gasteiger partial charge < -0.3 is 4.42 Å². The first-order valence-electron chi connectivity index (χ1n) is 21.0. The molecule has 0 radical (unpaired) electrons. The number of fused-ring (bicyclic) bond motifs is 6. The Hall–Kier alpha value is -8.00. The lowest BCUT2D eigenvalue weighted by molar-refractivity contribution is 0.669. The Morgan fingerprint density at radius 3 is 1.38 bits per heavy atom. The Morgan fingerprint density at radius 1 is 0.213 bits per heavy atom. The SMILES string of the molecule is c1ccc(-c2ccc3c(-c4cccc(-c5cccc6ccccc56)c4)c4cc(-c5ccccc5)ccc4c(-c4ccc(-c5ccc6oc7ccccc7c6c5)cc4)c3c2)cc1. The summed E-state index contributed by atoms with van der Waals surface area (Å²) in [5.74, 6) is 0. The second-order valence-corrected chi connectivity index (χ2v) is 16.0. The molecule has 61 heavy (non-hydrogen) atoms. The molecule has 0 spiro atoms. The second kappa shape index (κ2) is 14.4. The molecule has 0 aliphatic carbocycles. The van der Waals surface area contributed by atoms with Crippen molar-refractivity contribution >= 4 is 54.3 Å². The van der Waals surface area contributed by atoms with Gasteiger partial charge in [0.15, 0.2) is 0 Å². The van der Waals surface area contributed by atoms with Gasteiger partial charge in [-0.2, -0.15) is 0 Å². The maximum absolute atomic E-state index is 6.17. The highest BCUT2D eigenvalue weighted by Gasteiger charge is 2.20. The summed E-state index contributed by atoms with van der Waals surface area (Å²) >= 11 is 0. The number of para-hydroxylation sites is 1. The van der Waals surface area contributed by atoms with Crippen LogP contribution < -0.4 is 0 Å². The van der Waals surface area contributed by atoms with Crippen LogP contribution in [0.15, 0.2) is 235 Å². The van der Waals surface area contributed by atoms with Crippen LogP contribution in [0.5, 0.6) is 0 Å². The molecule has 0 aliphatic heterocycles. The highest BCUT2D eigenvalue weighted by Crippen LogP contribution is 2.47. The van der Waals surface area contributed by atoms with Gasteiger partial charge in [-0.25, -0.2) is 0 Å². The Kier molecular flexibility index (Phi) is 8.25. The highest BCUT2D eigenvalue weighted by molar-refractivity contribution is 6.23. The van der Waals surface area contributed by atoms with Gasteiger partial charge in [0.05, 0.1) is 0 Å². The summed E-state index contributed by atoms with van der Waals surface area (Å²) in [7, 11) is 0. The molecule has 0 bridgehead atoms. The molecule has 12 aromatic rings. The zero-order valence-corrected chi connectivity index (χ0v) is 33.3. The van der Waals surface area contributed by atoms with Gasteiger partial charge in [0.2, 0.25) is 0 Å². The van der Waals surface area contributed by atoms with Crippen LogP contribution in [-0.4, -0.2) is 0 Å². The van der Waals surface area contributed by atoms with Crippen LogP contribution >= 0.6 is 0 Å². The Balaban J connectivity index is 1.11. The molecule has 1 heterocycles. The van der Waals surface area contributed by atoms with Gasteiger partial charge in [0, 0.05) is 10.8 Å². The van der Waals surface area contributed by atoms with E-state index in [-0.39, 0.29) is 0 Å². The summed E-state index contributed by atoms with van der Waals surface area (Å²) in [6, 6.07) is 84.1. The Morgan fingerprint density at radius 2 is 0.672 bits per heavy atom. The Labute approximate surface area is 354 Å². The van der Waals surface area contributed by atoms with Crippen LogP contribution in [-0.2, 0) is 0 Å². The summed E-state index contributed by atoms with van der Waals surface area (Å²) in [4.78, 5) is 0. The number of hydrogen-bond acceptors (Lipinski definition) is 1. The fourth-order valence-corrected chi connectivity index (χ4v) is 9.53. The molecule has 0 saturated carbocycles. The average Bonchev–Trinajstić information content (AvgIpc) is 3.71. The third-order valence-electron chi connectivity index (χ3n) is 12.5. The molecule has 1 aromatic heterocycles. The van der Waals surface area contributed by atoms with Gasteiger partial charge in [-0.15, -0.1) is 0 Å². The number of benzene rings is 11. The summed E-state index contributed by atoms with van der Waals surface area (Å²) in [5, 5.41) is 9.68. The van der Waals surface area contributed by atoms with E-state index in [0.29, 0.717) is 0 Å². The molecule has 0 amide bonds. The van der Waals surface area contributed by atoms with Crippen LogP contribution in [0.3, 0.4) is 0 Å². The van der Waals surface area contributed by atoms with Crippen molar-refractivity contribution < 1.29 is 4.42 Å².